The number of rotatable bonds is 5. The number of aryl methyl sites for hydroxylation is 1. The second-order valence-corrected chi connectivity index (χ2v) is 3.81. The molecule has 4 nitrogen and oxygen atoms in total. The SMILES string of the molecule is Cc1ncsc1CCOC(=O)CCN. The summed E-state index contributed by atoms with van der Waals surface area (Å²) in [6.07, 6.45) is 1.04. The Morgan fingerprint density at radius 2 is 2.50 bits per heavy atom. The molecule has 0 fully saturated rings. The number of carbonyl (C=O) groups excluding carboxylic acids is 1. The van der Waals surface area contributed by atoms with E-state index in [0.29, 0.717) is 19.6 Å². The molecule has 5 heteroatoms. The van der Waals surface area contributed by atoms with Crippen molar-refractivity contribution in [1.29, 1.82) is 0 Å². The van der Waals surface area contributed by atoms with Crippen molar-refractivity contribution in [1.82, 2.24) is 4.98 Å². The lowest BCUT2D eigenvalue weighted by atomic mass is 10.3. The fraction of sp³-hybridized carbons (Fsp3) is 0.556. The summed E-state index contributed by atoms with van der Waals surface area (Å²) in [7, 11) is 0. The Bertz CT molecular complexity index is 299. The van der Waals surface area contributed by atoms with Crippen molar-refractivity contribution in [2.75, 3.05) is 13.2 Å². The molecule has 0 unspecified atom stereocenters. The summed E-state index contributed by atoms with van der Waals surface area (Å²) >= 11 is 1.59. The van der Waals surface area contributed by atoms with Gasteiger partial charge in [0, 0.05) is 17.8 Å². The largest absolute Gasteiger partial charge is 0.465 e. The molecule has 0 aliphatic rings. The van der Waals surface area contributed by atoms with Crippen molar-refractivity contribution in [3.63, 3.8) is 0 Å². The highest BCUT2D eigenvalue weighted by Gasteiger charge is 2.04. The molecule has 2 N–H and O–H groups in total. The van der Waals surface area contributed by atoms with Crippen molar-refractivity contribution in [2.24, 2.45) is 5.73 Å². The van der Waals surface area contributed by atoms with Crippen LogP contribution in [0.25, 0.3) is 0 Å². The second kappa shape index (κ2) is 5.72. The first-order chi connectivity index (χ1) is 6.74. The van der Waals surface area contributed by atoms with Crippen LogP contribution in [0.5, 0.6) is 0 Å². The summed E-state index contributed by atoms with van der Waals surface area (Å²) in [5, 5.41) is 0. The Balaban J connectivity index is 2.22. The number of thiazole rings is 1. The number of nitrogens with zero attached hydrogens (tertiary/aromatic N) is 1. The molecule has 14 heavy (non-hydrogen) atoms. The Labute approximate surface area is 87.1 Å². The molecule has 0 aromatic carbocycles. The number of carbonyl (C=O) groups is 1. The monoisotopic (exact) mass is 214 g/mol. The summed E-state index contributed by atoms with van der Waals surface area (Å²) < 4.78 is 4.97. The van der Waals surface area contributed by atoms with Crippen LogP contribution in [0, 0.1) is 6.92 Å². The summed E-state index contributed by atoms with van der Waals surface area (Å²) in [5.74, 6) is -0.227. The highest BCUT2D eigenvalue weighted by Crippen LogP contribution is 2.12. The zero-order valence-electron chi connectivity index (χ0n) is 8.16. The predicted molar refractivity (Wildman–Crippen MR) is 55.2 cm³/mol. The summed E-state index contributed by atoms with van der Waals surface area (Å²) in [6, 6.07) is 0. The highest BCUT2D eigenvalue weighted by atomic mass is 32.1. The van der Waals surface area contributed by atoms with Crippen molar-refractivity contribution in [2.45, 2.75) is 19.8 Å². The van der Waals surface area contributed by atoms with Gasteiger partial charge in [0.2, 0.25) is 0 Å². The molecule has 0 bridgehead atoms. The maximum atomic E-state index is 10.9. The standard InChI is InChI=1S/C9H14N2O2S/c1-7-8(14-6-11-7)3-5-13-9(12)2-4-10/h6H,2-5,10H2,1H3. The van der Waals surface area contributed by atoms with Crippen LogP contribution in [0.3, 0.4) is 0 Å². The molecule has 0 saturated heterocycles. The van der Waals surface area contributed by atoms with Crippen LogP contribution in [-0.4, -0.2) is 24.1 Å². The van der Waals surface area contributed by atoms with E-state index in [-0.39, 0.29) is 5.97 Å². The van der Waals surface area contributed by atoms with E-state index >= 15 is 0 Å². The quantitative estimate of drug-likeness (QED) is 0.739. The lowest BCUT2D eigenvalue weighted by Gasteiger charge is -2.02. The van der Waals surface area contributed by atoms with E-state index in [1.807, 2.05) is 6.92 Å². The van der Waals surface area contributed by atoms with Gasteiger partial charge in [0.1, 0.15) is 0 Å². The molecule has 0 aliphatic heterocycles. The van der Waals surface area contributed by atoms with E-state index in [2.05, 4.69) is 4.98 Å². The van der Waals surface area contributed by atoms with Crippen LogP contribution in [-0.2, 0) is 16.0 Å². The average Bonchev–Trinajstić information content (AvgIpc) is 2.52. The Hall–Kier alpha value is -0.940. The smallest absolute Gasteiger partial charge is 0.307 e. The zero-order valence-corrected chi connectivity index (χ0v) is 8.97. The van der Waals surface area contributed by atoms with Crippen molar-refractivity contribution in [3.8, 4) is 0 Å². The van der Waals surface area contributed by atoms with Crippen molar-refractivity contribution in [3.05, 3.63) is 16.1 Å². The Morgan fingerprint density at radius 3 is 3.07 bits per heavy atom. The van der Waals surface area contributed by atoms with E-state index < -0.39 is 0 Å². The van der Waals surface area contributed by atoms with Gasteiger partial charge in [-0.2, -0.15) is 0 Å². The van der Waals surface area contributed by atoms with E-state index in [0.717, 1.165) is 12.1 Å². The predicted octanol–water partition coefficient (Wildman–Crippen LogP) is 0.886. The molecule has 0 amide bonds. The minimum absolute atomic E-state index is 0.227. The number of nitrogens with two attached hydrogens (primary N) is 1. The van der Waals surface area contributed by atoms with Crippen molar-refractivity contribution >= 4 is 17.3 Å². The third-order valence-electron chi connectivity index (χ3n) is 1.79. The van der Waals surface area contributed by atoms with E-state index in [1.54, 1.807) is 16.8 Å². The van der Waals surface area contributed by atoms with Crippen molar-refractivity contribution < 1.29 is 9.53 Å². The highest BCUT2D eigenvalue weighted by molar-refractivity contribution is 7.09. The lowest BCUT2D eigenvalue weighted by Crippen LogP contribution is -2.12. The molecule has 0 aliphatic carbocycles. The second-order valence-electron chi connectivity index (χ2n) is 2.87. The molecular weight excluding hydrogens is 200 g/mol. The van der Waals surface area contributed by atoms with Crippen LogP contribution >= 0.6 is 11.3 Å². The average molecular weight is 214 g/mol. The van der Waals surface area contributed by atoms with E-state index in [9.17, 15) is 4.79 Å². The Kier molecular flexibility index (Phi) is 4.55. The van der Waals surface area contributed by atoms with Gasteiger partial charge >= 0.3 is 5.97 Å². The zero-order chi connectivity index (χ0) is 10.4. The molecule has 1 aromatic rings. The maximum absolute atomic E-state index is 10.9. The van der Waals surface area contributed by atoms with Gasteiger partial charge in [-0.3, -0.25) is 4.79 Å². The third kappa shape index (κ3) is 3.43. The van der Waals surface area contributed by atoms with Crippen LogP contribution < -0.4 is 5.73 Å². The van der Waals surface area contributed by atoms with Gasteiger partial charge in [0.25, 0.3) is 0 Å². The molecular formula is C9H14N2O2S. The maximum Gasteiger partial charge on any atom is 0.307 e. The molecule has 0 radical (unpaired) electrons. The molecule has 1 rings (SSSR count). The first kappa shape index (κ1) is 11.1. The fourth-order valence-electron chi connectivity index (χ4n) is 1.01. The van der Waals surface area contributed by atoms with Gasteiger partial charge in [-0.05, 0) is 6.92 Å². The van der Waals surface area contributed by atoms with Crippen LogP contribution in [0.15, 0.2) is 5.51 Å². The molecule has 1 aromatic heterocycles. The van der Waals surface area contributed by atoms with Crippen LogP contribution in [0.1, 0.15) is 17.0 Å². The fourth-order valence-corrected chi connectivity index (χ4v) is 1.78. The van der Waals surface area contributed by atoms with Gasteiger partial charge in [0.05, 0.1) is 24.2 Å². The van der Waals surface area contributed by atoms with Gasteiger partial charge in [-0.1, -0.05) is 0 Å². The molecule has 0 atom stereocenters. The molecule has 78 valence electrons. The van der Waals surface area contributed by atoms with Crippen LogP contribution in [0.4, 0.5) is 0 Å². The number of ether oxygens (including phenoxy) is 1. The number of esters is 1. The Morgan fingerprint density at radius 1 is 1.71 bits per heavy atom. The minimum Gasteiger partial charge on any atom is -0.465 e. The topological polar surface area (TPSA) is 65.2 Å². The normalized spacial score (nSPS) is 10.1. The van der Waals surface area contributed by atoms with Crippen LogP contribution in [0.2, 0.25) is 0 Å². The summed E-state index contributed by atoms with van der Waals surface area (Å²) in [6.45, 7) is 2.72. The van der Waals surface area contributed by atoms with Gasteiger partial charge in [-0.15, -0.1) is 11.3 Å². The third-order valence-corrected chi connectivity index (χ3v) is 2.78. The number of aromatic nitrogens is 1. The molecule has 0 saturated carbocycles. The number of hydrogen-bond donors (Lipinski definition) is 1. The summed E-state index contributed by atoms with van der Waals surface area (Å²) in [4.78, 5) is 16.2. The number of hydrogen-bond acceptors (Lipinski definition) is 5. The molecule has 1 heterocycles. The van der Waals surface area contributed by atoms with E-state index in [4.69, 9.17) is 10.5 Å². The summed E-state index contributed by atoms with van der Waals surface area (Å²) in [5.41, 5.74) is 8.03. The van der Waals surface area contributed by atoms with Gasteiger partial charge in [-0.25, -0.2) is 4.98 Å². The first-order valence-corrected chi connectivity index (χ1v) is 5.36. The minimum atomic E-state index is -0.227. The van der Waals surface area contributed by atoms with Gasteiger partial charge < -0.3 is 10.5 Å². The molecule has 0 spiro atoms. The van der Waals surface area contributed by atoms with Gasteiger partial charge in [0.15, 0.2) is 0 Å². The first-order valence-electron chi connectivity index (χ1n) is 4.48. The lowest BCUT2D eigenvalue weighted by molar-refractivity contribution is -0.143. The van der Waals surface area contributed by atoms with E-state index in [1.165, 1.54) is 4.88 Å².